The quantitative estimate of drug-likeness (QED) is 0.639. The van der Waals surface area contributed by atoms with Gasteiger partial charge in [-0.2, -0.15) is 0 Å². The molecule has 0 radical (unpaired) electrons. The number of rotatable bonds is 7. The highest BCUT2D eigenvalue weighted by Crippen LogP contribution is 2.03. The molecule has 1 N–H and O–H groups in total. The van der Waals surface area contributed by atoms with Crippen molar-refractivity contribution >= 4 is 11.8 Å². The predicted molar refractivity (Wildman–Crippen MR) is 55.2 cm³/mol. The molecule has 0 rings (SSSR count). The molecule has 0 aromatic carbocycles. The highest BCUT2D eigenvalue weighted by atomic mass is 16.4. The van der Waals surface area contributed by atoms with Crippen LogP contribution in [0.5, 0.6) is 0 Å². The molecule has 0 aliphatic heterocycles. The summed E-state index contributed by atoms with van der Waals surface area (Å²) in [5, 5.41) is 8.35. The van der Waals surface area contributed by atoms with Crippen LogP contribution in [0, 0.1) is 0 Å². The minimum absolute atomic E-state index is 0.0917. The Bertz CT molecular complexity index is 225. The zero-order chi connectivity index (χ0) is 11.0. The zero-order valence-corrected chi connectivity index (χ0v) is 8.88. The van der Waals surface area contributed by atoms with Crippen LogP contribution < -0.4 is 0 Å². The molecule has 0 unspecified atom stereocenters. The van der Waals surface area contributed by atoms with Crippen molar-refractivity contribution in [3.8, 4) is 0 Å². The Balaban J connectivity index is 3.47. The van der Waals surface area contributed by atoms with Crippen LogP contribution in [0.15, 0.2) is 11.6 Å². The van der Waals surface area contributed by atoms with Crippen LogP contribution >= 0.6 is 0 Å². The molecule has 0 aromatic rings. The van der Waals surface area contributed by atoms with Crippen LogP contribution in [0.3, 0.4) is 0 Å². The summed E-state index contributed by atoms with van der Waals surface area (Å²) in [5.74, 6) is -0.675. The first-order valence-electron chi connectivity index (χ1n) is 4.89. The summed E-state index contributed by atoms with van der Waals surface area (Å²) in [6.07, 6.45) is 4.27. The van der Waals surface area contributed by atoms with Gasteiger partial charge in [0.25, 0.3) is 0 Å². The largest absolute Gasteiger partial charge is 0.481 e. The molecule has 14 heavy (non-hydrogen) atoms. The lowest BCUT2D eigenvalue weighted by Crippen LogP contribution is -2.00. The van der Waals surface area contributed by atoms with Crippen molar-refractivity contribution in [1.29, 1.82) is 0 Å². The second-order valence-corrected chi connectivity index (χ2v) is 3.61. The molecule has 0 amide bonds. The van der Waals surface area contributed by atoms with Crippen LogP contribution in [-0.4, -0.2) is 16.9 Å². The second kappa shape index (κ2) is 7.30. The minimum Gasteiger partial charge on any atom is -0.481 e. The fourth-order valence-electron chi connectivity index (χ4n) is 1.08. The van der Waals surface area contributed by atoms with E-state index in [0.717, 1.165) is 6.42 Å². The Labute approximate surface area is 84.8 Å². The lowest BCUT2D eigenvalue weighted by atomic mass is 10.1. The van der Waals surface area contributed by atoms with Crippen molar-refractivity contribution in [3.63, 3.8) is 0 Å². The van der Waals surface area contributed by atoms with Gasteiger partial charge in [0.15, 0.2) is 0 Å². The Morgan fingerprint density at radius 2 is 1.79 bits per heavy atom. The van der Waals surface area contributed by atoms with Crippen molar-refractivity contribution < 1.29 is 14.7 Å². The molecule has 3 heteroatoms. The van der Waals surface area contributed by atoms with Gasteiger partial charge in [-0.05, 0) is 26.7 Å². The van der Waals surface area contributed by atoms with Crippen LogP contribution in [0.25, 0.3) is 0 Å². The second-order valence-electron chi connectivity index (χ2n) is 3.61. The lowest BCUT2D eigenvalue weighted by Gasteiger charge is -1.97. The third-order valence-corrected chi connectivity index (χ3v) is 1.82. The maximum absolute atomic E-state index is 11.2. The van der Waals surface area contributed by atoms with Gasteiger partial charge in [0, 0.05) is 19.3 Å². The van der Waals surface area contributed by atoms with Gasteiger partial charge in [-0.15, -0.1) is 0 Å². The summed E-state index contributed by atoms with van der Waals surface area (Å²) in [6, 6.07) is 0. The third-order valence-electron chi connectivity index (χ3n) is 1.82. The lowest BCUT2D eigenvalue weighted by molar-refractivity contribution is -0.137. The van der Waals surface area contributed by atoms with E-state index in [1.807, 2.05) is 19.9 Å². The van der Waals surface area contributed by atoms with Crippen molar-refractivity contribution in [3.05, 3.63) is 11.6 Å². The first kappa shape index (κ1) is 12.9. The first-order valence-corrected chi connectivity index (χ1v) is 4.89. The molecular weight excluding hydrogens is 180 g/mol. The fraction of sp³-hybridized carbons (Fsp3) is 0.636. The maximum atomic E-state index is 11.2. The van der Waals surface area contributed by atoms with Gasteiger partial charge in [0.1, 0.15) is 5.78 Å². The van der Waals surface area contributed by atoms with E-state index in [-0.39, 0.29) is 12.2 Å². The monoisotopic (exact) mass is 198 g/mol. The predicted octanol–water partition coefficient (Wildman–Crippen LogP) is 2.56. The van der Waals surface area contributed by atoms with Crippen molar-refractivity contribution in [2.24, 2.45) is 0 Å². The van der Waals surface area contributed by atoms with E-state index in [2.05, 4.69) is 0 Å². The van der Waals surface area contributed by atoms with Crippen LogP contribution in [0.2, 0.25) is 0 Å². The average molecular weight is 198 g/mol. The normalized spacial score (nSPS) is 9.57. The summed E-state index contributed by atoms with van der Waals surface area (Å²) in [4.78, 5) is 21.3. The maximum Gasteiger partial charge on any atom is 0.303 e. The highest BCUT2D eigenvalue weighted by Gasteiger charge is 2.02. The van der Waals surface area contributed by atoms with E-state index < -0.39 is 5.97 Å². The standard InChI is InChI=1S/C11H18O3/c1-9(2)5-3-6-10(12)7-4-8-11(13)14/h5H,3-4,6-8H2,1-2H3,(H,13,14). The number of allylic oxidation sites excluding steroid dienone is 2. The Hall–Kier alpha value is -1.12. The van der Waals surface area contributed by atoms with Gasteiger partial charge < -0.3 is 5.11 Å². The van der Waals surface area contributed by atoms with E-state index in [4.69, 9.17) is 5.11 Å². The fourth-order valence-corrected chi connectivity index (χ4v) is 1.08. The zero-order valence-electron chi connectivity index (χ0n) is 8.88. The van der Waals surface area contributed by atoms with Gasteiger partial charge in [0.05, 0.1) is 0 Å². The van der Waals surface area contributed by atoms with Crippen molar-refractivity contribution in [2.45, 2.75) is 46.0 Å². The number of carbonyl (C=O) groups excluding carboxylic acids is 1. The number of carboxylic acids is 1. The third kappa shape index (κ3) is 8.97. The van der Waals surface area contributed by atoms with Crippen LogP contribution in [-0.2, 0) is 9.59 Å². The van der Waals surface area contributed by atoms with Crippen molar-refractivity contribution in [2.75, 3.05) is 0 Å². The molecular formula is C11H18O3. The highest BCUT2D eigenvalue weighted by molar-refractivity contribution is 5.79. The number of Topliss-reactive ketones (excluding diaryl/α,β-unsaturated/α-hetero) is 1. The number of carbonyl (C=O) groups is 2. The molecule has 0 aliphatic carbocycles. The number of hydrogen-bond acceptors (Lipinski definition) is 2. The Kier molecular flexibility index (Phi) is 6.72. The Morgan fingerprint density at radius 1 is 1.14 bits per heavy atom. The topological polar surface area (TPSA) is 54.4 Å². The summed E-state index contributed by atoms with van der Waals surface area (Å²) >= 11 is 0. The summed E-state index contributed by atoms with van der Waals surface area (Å²) in [6.45, 7) is 3.99. The van der Waals surface area contributed by atoms with E-state index in [1.54, 1.807) is 0 Å². The molecule has 0 fully saturated rings. The molecule has 0 atom stereocenters. The summed E-state index contributed by atoms with van der Waals surface area (Å²) in [5.41, 5.74) is 1.21. The summed E-state index contributed by atoms with van der Waals surface area (Å²) in [7, 11) is 0. The number of carboxylic acid groups (broad SMARTS) is 1. The van der Waals surface area contributed by atoms with Crippen LogP contribution in [0.4, 0.5) is 0 Å². The molecule has 0 saturated carbocycles. The van der Waals surface area contributed by atoms with E-state index >= 15 is 0 Å². The van der Waals surface area contributed by atoms with Gasteiger partial charge in [0.2, 0.25) is 0 Å². The van der Waals surface area contributed by atoms with E-state index in [0.29, 0.717) is 19.3 Å². The molecule has 0 aliphatic rings. The average Bonchev–Trinajstić information content (AvgIpc) is 2.02. The van der Waals surface area contributed by atoms with Gasteiger partial charge in [-0.25, -0.2) is 0 Å². The molecule has 0 bridgehead atoms. The SMILES string of the molecule is CC(C)=CCCC(=O)CCCC(=O)O. The molecule has 0 aromatic heterocycles. The molecule has 0 saturated heterocycles. The molecule has 3 nitrogen and oxygen atoms in total. The number of aliphatic carboxylic acids is 1. The summed E-state index contributed by atoms with van der Waals surface area (Å²) < 4.78 is 0. The van der Waals surface area contributed by atoms with E-state index in [9.17, 15) is 9.59 Å². The van der Waals surface area contributed by atoms with Crippen LogP contribution in [0.1, 0.15) is 46.0 Å². The number of hydrogen-bond donors (Lipinski definition) is 1. The number of ketones is 1. The first-order chi connectivity index (χ1) is 6.52. The molecule has 0 heterocycles. The van der Waals surface area contributed by atoms with Gasteiger partial charge in [-0.1, -0.05) is 11.6 Å². The van der Waals surface area contributed by atoms with Gasteiger partial charge >= 0.3 is 5.97 Å². The van der Waals surface area contributed by atoms with Crippen molar-refractivity contribution in [1.82, 2.24) is 0 Å². The Morgan fingerprint density at radius 3 is 2.29 bits per heavy atom. The van der Waals surface area contributed by atoms with E-state index in [1.165, 1.54) is 5.57 Å². The minimum atomic E-state index is -0.831. The molecule has 0 spiro atoms. The van der Waals surface area contributed by atoms with Gasteiger partial charge in [-0.3, -0.25) is 9.59 Å². The molecule has 80 valence electrons. The smallest absolute Gasteiger partial charge is 0.303 e.